The molecule has 3 atom stereocenters. The molecule has 1 aliphatic heterocycles. The van der Waals surface area contributed by atoms with Gasteiger partial charge in [-0.15, -0.1) is 0 Å². The van der Waals surface area contributed by atoms with Crippen molar-refractivity contribution in [1.29, 1.82) is 0 Å². The number of aliphatic hydroxyl groups is 1. The lowest BCUT2D eigenvalue weighted by atomic mass is 9.66. The van der Waals surface area contributed by atoms with Crippen LogP contribution in [0.1, 0.15) is 54.3 Å². The van der Waals surface area contributed by atoms with Gasteiger partial charge in [0.1, 0.15) is 11.5 Å². The molecule has 1 aromatic carbocycles. The first-order valence-corrected chi connectivity index (χ1v) is 9.86. The molecule has 0 unspecified atom stereocenters. The topological polar surface area (TPSA) is 72.1 Å². The number of carbonyl (C=O) groups is 1. The Hall–Kier alpha value is -2.47. The van der Waals surface area contributed by atoms with Crippen molar-refractivity contribution in [2.45, 2.75) is 43.7 Å². The summed E-state index contributed by atoms with van der Waals surface area (Å²) < 4.78 is 16.5. The van der Waals surface area contributed by atoms with E-state index >= 15 is 0 Å². The number of hydrogen-bond donors (Lipinski definition) is 1. The van der Waals surface area contributed by atoms with E-state index in [1.807, 2.05) is 23.1 Å². The Balaban J connectivity index is 1.82. The standard InChI is InChI=1S/C22H27NO5/c1-26-15-8-9-18(27-2)16(14-15)20-17-6-3-4-10-22(17,25)11-12-23(20)21(24)19-7-5-13-28-19/h5,7-9,13-14,17,20,25H,3-4,6,10-12H2,1-2H3/t17-,20-,22+/m1/s1. The van der Waals surface area contributed by atoms with E-state index in [0.717, 1.165) is 31.2 Å². The third kappa shape index (κ3) is 3.15. The van der Waals surface area contributed by atoms with Crippen LogP contribution in [-0.4, -0.2) is 42.3 Å². The van der Waals surface area contributed by atoms with Gasteiger partial charge in [-0.05, 0) is 49.6 Å². The average Bonchev–Trinajstić information content (AvgIpc) is 3.26. The van der Waals surface area contributed by atoms with Crippen LogP contribution < -0.4 is 9.47 Å². The summed E-state index contributed by atoms with van der Waals surface area (Å²) in [5.41, 5.74) is 0.100. The van der Waals surface area contributed by atoms with E-state index in [9.17, 15) is 9.90 Å². The van der Waals surface area contributed by atoms with Crippen molar-refractivity contribution in [2.75, 3.05) is 20.8 Å². The van der Waals surface area contributed by atoms with Crippen LogP contribution in [0.5, 0.6) is 11.5 Å². The lowest BCUT2D eigenvalue weighted by Gasteiger charge is -2.52. The Morgan fingerprint density at radius 3 is 2.79 bits per heavy atom. The zero-order chi connectivity index (χ0) is 19.7. The maximum absolute atomic E-state index is 13.3. The summed E-state index contributed by atoms with van der Waals surface area (Å²) in [6, 6.07) is 8.73. The van der Waals surface area contributed by atoms with E-state index in [2.05, 4.69) is 0 Å². The zero-order valence-corrected chi connectivity index (χ0v) is 16.4. The number of nitrogens with zero attached hydrogens (tertiary/aromatic N) is 1. The summed E-state index contributed by atoms with van der Waals surface area (Å²) >= 11 is 0. The second-order valence-electron chi connectivity index (χ2n) is 7.73. The minimum Gasteiger partial charge on any atom is -0.497 e. The summed E-state index contributed by atoms with van der Waals surface area (Å²) in [6.07, 6.45) is 5.77. The number of carbonyl (C=O) groups excluding carboxylic acids is 1. The Morgan fingerprint density at radius 2 is 2.07 bits per heavy atom. The van der Waals surface area contributed by atoms with Crippen LogP contribution in [0.15, 0.2) is 41.0 Å². The molecular formula is C22H27NO5. The summed E-state index contributed by atoms with van der Waals surface area (Å²) in [5, 5.41) is 11.4. The molecule has 2 aliphatic rings. The number of fused-ring (bicyclic) bond motifs is 1. The van der Waals surface area contributed by atoms with Crippen LogP contribution in [-0.2, 0) is 0 Å². The molecule has 1 aliphatic carbocycles. The highest BCUT2D eigenvalue weighted by Crippen LogP contribution is 2.51. The van der Waals surface area contributed by atoms with E-state index in [0.29, 0.717) is 30.2 Å². The first kappa shape index (κ1) is 18.9. The highest BCUT2D eigenvalue weighted by Gasteiger charge is 2.51. The number of likely N-dealkylation sites (tertiary alicyclic amines) is 1. The van der Waals surface area contributed by atoms with Crippen molar-refractivity contribution >= 4 is 5.91 Å². The molecule has 1 aromatic heterocycles. The van der Waals surface area contributed by atoms with Crippen LogP contribution in [0, 0.1) is 5.92 Å². The van der Waals surface area contributed by atoms with Gasteiger partial charge in [-0.25, -0.2) is 0 Å². The summed E-state index contributed by atoms with van der Waals surface area (Å²) in [7, 11) is 3.25. The van der Waals surface area contributed by atoms with Crippen LogP contribution in [0.3, 0.4) is 0 Å². The molecular weight excluding hydrogens is 358 g/mol. The largest absolute Gasteiger partial charge is 0.497 e. The van der Waals surface area contributed by atoms with Gasteiger partial charge >= 0.3 is 0 Å². The third-order valence-corrected chi connectivity index (χ3v) is 6.32. The van der Waals surface area contributed by atoms with E-state index in [4.69, 9.17) is 13.9 Å². The average molecular weight is 385 g/mol. The first-order chi connectivity index (χ1) is 13.6. The zero-order valence-electron chi connectivity index (χ0n) is 16.4. The monoisotopic (exact) mass is 385 g/mol. The molecule has 1 saturated carbocycles. The Kier molecular flexibility index (Phi) is 5.06. The number of benzene rings is 1. The highest BCUT2D eigenvalue weighted by atomic mass is 16.5. The van der Waals surface area contributed by atoms with Crippen molar-refractivity contribution in [3.63, 3.8) is 0 Å². The number of furan rings is 1. The van der Waals surface area contributed by atoms with Gasteiger partial charge in [0.05, 0.1) is 32.1 Å². The van der Waals surface area contributed by atoms with Gasteiger partial charge in [-0.2, -0.15) is 0 Å². The van der Waals surface area contributed by atoms with E-state index in [-0.39, 0.29) is 17.9 Å². The van der Waals surface area contributed by atoms with Crippen molar-refractivity contribution in [1.82, 2.24) is 4.90 Å². The van der Waals surface area contributed by atoms with E-state index in [1.165, 1.54) is 6.26 Å². The molecule has 1 saturated heterocycles. The summed E-state index contributed by atoms with van der Waals surface area (Å²) in [6.45, 7) is 0.470. The lowest BCUT2D eigenvalue weighted by Crippen LogP contribution is -2.56. The van der Waals surface area contributed by atoms with Gasteiger partial charge in [-0.3, -0.25) is 4.79 Å². The molecule has 4 rings (SSSR count). The van der Waals surface area contributed by atoms with Gasteiger partial charge < -0.3 is 23.9 Å². The van der Waals surface area contributed by atoms with E-state index in [1.54, 1.807) is 26.4 Å². The maximum atomic E-state index is 13.3. The van der Waals surface area contributed by atoms with Gasteiger partial charge in [0, 0.05) is 18.0 Å². The minimum absolute atomic E-state index is 0.0603. The van der Waals surface area contributed by atoms with Crippen LogP contribution >= 0.6 is 0 Å². The maximum Gasteiger partial charge on any atom is 0.290 e. The second-order valence-corrected chi connectivity index (χ2v) is 7.73. The van der Waals surface area contributed by atoms with Crippen molar-refractivity contribution in [3.05, 3.63) is 47.9 Å². The fraction of sp³-hybridized carbons (Fsp3) is 0.500. The molecule has 2 fully saturated rings. The smallest absolute Gasteiger partial charge is 0.290 e. The van der Waals surface area contributed by atoms with Crippen molar-refractivity contribution in [3.8, 4) is 11.5 Å². The van der Waals surface area contributed by atoms with Crippen LogP contribution in [0.2, 0.25) is 0 Å². The minimum atomic E-state index is -0.767. The highest BCUT2D eigenvalue weighted by molar-refractivity contribution is 5.92. The fourth-order valence-electron chi connectivity index (χ4n) is 4.91. The number of ether oxygens (including phenoxy) is 2. The third-order valence-electron chi connectivity index (χ3n) is 6.32. The van der Waals surface area contributed by atoms with Gasteiger partial charge in [-0.1, -0.05) is 12.8 Å². The quantitative estimate of drug-likeness (QED) is 0.867. The number of rotatable bonds is 4. The lowest BCUT2D eigenvalue weighted by molar-refractivity contribution is -0.115. The molecule has 150 valence electrons. The molecule has 6 heteroatoms. The SMILES string of the molecule is COc1ccc(OC)c([C@@H]2[C@H]3CCCC[C@]3(O)CCN2C(=O)c2ccco2)c1. The number of piperidine rings is 1. The fourth-order valence-corrected chi connectivity index (χ4v) is 4.91. The van der Waals surface area contributed by atoms with Crippen molar-refractivity contribution in [2.24, 2.45) is 5.92 Å². The number of methoxy groups -OCH3 is 2. The molecule has 0 bridgehead atoms. The Labute approximate surface area is 165 Å². The predicted octanol–water partition coefficient (Wildman–Crippen LogP) is 3.81. The van der Waals surface area contributed by atoms with Crippen LogP contribution in [0.4, 0.5) is 0 Å². The predicted molar refractivity (Wildman–Crippen MR) is 104 cm³/mol. The molecule has 2 aromatic rings. The normalized spacial score (nSPS) is 27.2. The summed E-state index contributed by atoms with van der Waals surface area (Å²) in [5.74, 6) is 1.49. The van der Waals surface area contributed by atoms with Gasteiger partial charge in [0.25, 0.3) is 5.91 Å². The first-order valence-electron chi connectivity index (χ1n) is 9.86. The van der Waals surface area contributed by atoms with Crippen molar-refractivity contribution < 1.29 is 23.8 Å². The molecule has 0 radical (unpaired) electrons. The number of amides is 1. The van der Waals surface area contributed by atoms with E-state index < -0.39 is 5.60 Å². The molecule has 1 amide bonds. The second kappa shape index (κ2) is 7.51. The molecule has 6 nitrogen and oxygen atoms in total. The molecule has 2 heterocycles. The molecule has 0 spiro atoms. The van der Waals surface area contributed by atoms with Gasteiger partial charge in [0.15, 0.2) is 5.76 Å². The molecule has 1 N–H and O–H groups in total. The number of hydrogen-bond acceptors (Lipinski definition) is 5. The molecule has 28 heavy (non-hydrogen) atoms. The Bertz CT molecular complexity index is 833. The Morgan fingerprint density at radius 1 is 1.21 bits per heavy atom. The summed E-state index contributed by atoms with van der Waals surface area (Å²) in [4.78, 5) is 15.1. The van der Waals surface area contributed by atoms with Crippen LogP contribution in [0.25, 0.3) is 0 Å². The van der Waals surface area contributed by atoms with Gasteiger partial charge in [0.2, 0.25) is 0 Å².